The summed E-state index contributed by atoms with van der Waals surface area (Å²) >= 11 is 0. The van der Waals surface area contributed by atoms with Gasteiger partial charge >= 0.3 is 0 Å². The van der Waals surface area contributed by atoms with Crippen molar-refractivity contribution in [3.8, 4) is 23.4 Å². The van der Waals surface area contributed by atoms with Crippen LogP contribution < -0.4 is 0 Å². The molecule has 0 atom stereocenters. The van der Waals surface area contributed by atoms with Crippen LogP contribution in [0.4, 0.5) is 0 Å². The molecule has 4 rings (SSSR count). The number of H-pyrrole nitrogens is 1. The topological polar surface area (TPSA) is 80.2 Å². The first-order valence-electron chi connectivity index (χ1n) is 6.93. The van der Waals surface area contributed by atoms with E-state index in [0.717, 1.165) is 16.5 Å². The van der Waals surface area contributed by atoms with E-state index in [-0.39, 0.29) is 0 Å². The molecule has 0 bridgehead atoms. The molecule has 0 fully saturated rings. The molecule has 3 aromatic heterocycles. The standard InChI is InChI=1S/C17H10N6/c1(12-2-4-15-13(9-12)10-21-23-15)3-14-5-8-19-17(22-14)16-6-7-18-11-20-16/h2,4-11H,(H,21,23). The second-order valence-electron chi connectivity index (χ2n) is 4.78. The molecule has 0 saturated heterocycles. The number of nitrogens with zero attached hydrogens (tertiary/aromatic N) is 5. The summed E-state index contributed by atoms with van der Waals surface area (Å²) < 4.78 is 0. The molecule has 0 spiro atoms. The van der Waals surface area contributed by atoms with Crippen LogP contribution >= 0.6 is 0 Å². The first-order valence-corrected chi connectivity index (χ1v) is 6.93. The fourth-order valence-corrected chi connectivity index (χ4v) is 2.13. The van der Waals surface area contributed by atoms with E-state index < -0.39 is 0 Å². The largest absolute Gasteiger partial charge is 0.278 e. The highest BCUT2D eigenvalue weighted by Crippen LogP contribution is 2.12. The van der Waals surface area contributed by atoms with Gasteiger partial charge in [0.15, 0.2) is 5.82 Å². The zero-order valence-corrected chi connectivity index (χ0v) is 11.9. The molecule has 1 N–H and O–H groups in total. The van der Waals surface area contributed by atoms with Crippen LogP contribution in [0, 0.1) is 11.8 Å². The summed E-state index contributed by atoms with van der Waals surface area (Å²) in [6, 6.07) is 9.42. The fraction of sp³-hybridized carbons (Fsp3) is 0. The van der Waals surface area contributed by atoms with Crippen molar-refractivity contribution >= 4 is 10.9 Å². The molecule has 6 heteroatoms. The van der Waals surface area contributed by atoms with E-state index in [1.54, 1.807) is 30.7 Å². The van der Waals surface area contributed by atoms with Crippen molar-refractivity contribution in [1.82, 2.24) is 30.1 Å². The molecule has 4 aromatic rings. The van der Waals surface area contributed by atoms with Gasteiger partial charge < -0.3 is 0 Å². The van der Waals surface area contributed by atoms with Gasteiger partial charge in [0.1, 0.15) is 17.7 Å². The van der Waals surface area contributed by atoms with E-state index >= 15 is 0 Å². The van der Waals surface area contributed by atoms with E-state index in [0.29, 0.717) is 17.2 Å². The molecular formula is C17H10N6. The first kappa shape index (κ1) is 13.1. The zero-order chi connectivity index (χ0) is 15.5. The lowest BCUT2D eigenvalue weighted by Gasteiger charge is -1.98. The van der Waals surface area contributed by atoms with Gasteiger partial charge in [0.25, 0.3) is 0 Å². The lowest BCUT2D eigenvalue weighted by molar-refractivity contribution is 1.09. The molecule has 0 amide bonds. The van der Waals surface area contributed by atoms with Gasteiger partial charge in [-0.05, 0) is 36.3 Å². The van der Waals surface area contributed by atoms with E-state index in [2.05, 4.69) is 42.0 Å². The number of hydrogen-bond acceptors (Lipinski definition) is 5. The van der Waals surface area contributed by atoms with Crippen molar-refractivity contribution in [2.45, 2.75) is 0 Å². The van der Waals surface area contributed by atoms with Gasteiger partial charge in [0, 0.05) is 23.3 Å². The molecule has 0 aliphatic rings. The molecule has 0 radical (unpaired) electrons. The van der Waals surface area contributed by atoms with Crippen LogP contribution in [0.15, 0.2) is 55.2 Å². The summed E-state index contributed by atoms with van der Waals surface area (Å²) in [5.41, 5.74) is 3.20. The molecule has 0 unspecified atom stereocenters. The van der Waals surface area contributed by atoms with E-state index in [1.807, 2.05) is 18.2 Å². The van der Waals surface area contributed by atoms with Gasteiger partial charge in [0.2, 0.25) is 0 Å². The maximum atomic E-state index is 4.42. The van der Waals surface area contributed by atoms with Crippen molar-refractivity contribution < 1.29 is 0 Å². The summed E-state index contributed by atoms with van der Waals surface area (Å²) in [7, 11) is 0. The first-order chi connectivity index (χ1) is 11.4. The Labute approximate surface area is 131 Å². The maximum absolute atomic E-state index is 4.42. The predicted molar refractivity (Wildman–Crippen MR) is 85.1 cm³/mol. The summed E-state index contributed by atoms with van der Waals surface area (Å²) in [6.45, 7) is 0. The number of fused-ring (bicyclic) bond motifs is 1. The lowest BCUT2D eigenvalue weighted by atomic mass is 10.1. The Bertz CT molecular complexity index is 1030. The molecule has 1 aromatic carbocycles. The normalized spacial score (nSPS) is 10.3. The van der Waals surface area contributed by atoms with Crippen molar-refractivity contribution in [1.29, 1.82) is 0 Å². The number of rotatable bonds is 1. The van der Waals surface area contributed by atoms with Gasteiger partial charge in [-0.15, -0.1) is 0 Å². The third kappa shape index (κ3) is 2.76. The van der Waals surface area contributed by atoms with Crippen LogP contribution in [0.5, 0.6) is 0 Å². The Morgan fingerprint density at radius 3 is 2.87 bits per heavy atom. The van der Waals surface area contributed by atoms with Crippen molar-refractivity contribution in [3.63, 3.8) is 0 Å². The summed E-state index contributed by atoms with van der Waals surface area (Å²) in [5.74, 6) is 6.69. The smallest absolute Gasteiger partial charge is 0.179 e. The maximum Gasteiger partial charge on any atom is 0.179 e. The average Bonchev–Trinajstić information content (AvgIpc) is 3.09. The molecule has 0 saturated carbocycles. The van der Waals surface area contributed by atoms with Crippen molar-refractivity contribution in [2.24, 2.45) is 0 Å². The highest BCUT2D eigenvalue weighted by Gasteiger charge is 2.02. The minimum absolute atomic E-state index is 0.532. The third-order valence-electron chi connectivity index (χ3n) is 3.24. The van der Waals surface area contributed by atoms with Crippen LogP contribution in [0.2, 0.25) is 0 Å². The Morgan fingerprint density at radius 2 is 1.96 bits per heavy atom. The predicted octanol–water partition coefficient (Wildman–Crippen LogP) is 2.21. The number of nitrogens with one attached hydrogen (secondary N) is 1. The van der Waals surface area contributed by atoms with Crippen LogP contribution in [0.3, 0.4) is 0 Å². The van der Waals surface area contributed by atoms with Crippen LogP contribution in [-0.2, 0) is 0 Å². The molecule has 6 nitrogen and oxygen atoms in total. The van der Waals surface area contributed by atoms with Crippen LogP contribution in [-0.4, -0.2) is 30.1 Å². The molecule has 0 aliphatic heterocycles. The second kappa shape index (κ2) is 5.66. The summed E-state index contributed by atoms with van der Waals surface area (Å²) in [6.07, 6.45) is 6.58. The van der Waals surface area contributed by atoms with Gasteiger partial charge in [-0.25, -0.2) is 19.9 Å². The molecular weight excluding hydrogens is 288 g/mol. The third-order valence-corrected chi connectivity index (χ3v) is 3.24. The molecule has 108 valence electrons. The SMILES string of the molecule is C(#Cc1ccnc(-c2ccncn2)n1)c1ccc2[nH]ncc2c1. The highest BCUT2D eigenvalue weighted by atomic mass is 15.1. The van der Waals surface area contributed by atoms with Gasteiger partial charge in [-0.3, -0.25) is 5.10 Å². The Hall–Kier alpha value is -3.59. The zero-order valence-electron chi connectivity index (χ0n) is 11.9. The van der Waals surface area contributed by atoms with Crippen LogP contribution in [0.25, 0.3) is 22.4 Å². The Morgan fingerprint density at radius 1 is 0.957 bits per heavy atom. The van der Waals surface area contributed by atoms with Gasteiger partial charge in [-0.2, -0.15) is 5.10 Å². The number of benzene rings is 1. The number of aromatic amines is 1. The molecule has 0 aliphatic carbocycles. The molecule has 3 heterocycles. The number of hydrogen-bond donors (Lipinski definition) is 1. The van der Waals surface area contributed by atoms with Crippen molar-refractivity contribution in [3.05, 3.63) is 66.5 Å². The monoisotopic (exact) mass is 298 g/mol. The highest BCUT2D eigenvalue weighted by molar-refractivity contribution is 5.79. The van der Waals surface area contributed by atoms with E-state index in [1.165, 1.54) is 6.33 Å². The minimum Gasteiger partial charge on any atom is -0.278 e. The van der Waals surface area contributed by atoms with Crippen LogP contribution in [0.1, 0.15) is 11.3 Å². The minimum atomic E-state index is 0.532. The van der Waals surface area contributed by atoms with Gasteiger partial charge in [-0.1, -0.05) is 5.92 Å². The summed E-state index contributed by atoms with van der Waals surface area (Å²) in [5, 5.41) is 7.94. The summed E-state index contributed by atoms with van der Waals surface area (Å²) in [4.78, 5) is 16.7. The van der Waals surface area contributed by atoms with E-state index in [9.17, 15) is 0 Å². The van der Waals surface area contributed by atoms with Gasteiger partial charge in [0.05, 0.1) is 11.7 Å². The molecule has 23 heavy (non-hydrogen) atoms. The quantitative estimate of drug-likeness (QED) is 0.545. The van der Waals surface area contributed by atoms with E-state index in [4.69, 9.17) is 0 Å². The fourth-order valence-electron chi connectivity index (χ4n) is 2.13. The van der Waals surface area contributed by atoms with Crippen molar-refractivity contribution in [2.75, 3.05) is 0 Å². The Kier molecular flexibility index (Phi) is 3.22. The Balaban J connectivity index is 1.67. The average molecular weight is 298 g/mol. The number of aromatic nitrogens is 6. The second-order valence-corrected chi connectivity index (χ2v) is 4.78. The lowest BCUT2D eigenvalue weighted by Crippen LogP contribution is -1.93.